The first-order valence-electron chi connectivity index (χ1n) is 6.57. The first kappa shape index (κ1) is 14.0. The van der Waals surface area contributed by atoms with Gasteiger partial charge in [-0.25, -0.2) is 4.98 Å². The fourth-order valence-electron chi connectivity index (χ4n) is 2.12. The number of aromatic nitrogens is 2. The van der Waals surface area contributed by atoms with Crippen LogP contribution in [-0.4, -0.2) is 21.5 Å². The summed E-state index contributed by atoms with van der Waals surface area (Å²) in [5.41, 5.74) is 1.13. The average Bonchev–Trinajstić information content (AvgIpc) is 2.88. The highest BCUT2D eigenvalue weighted by molar-refractivity contribution is 5.36. The maximum atomic E-state index is 10.6. The molecule has 2 rings (SSSR count). The minimum absolute atomic E-state index is 0.115. The summed E-state index contributed by atoms with van der Waals surface area (Å²) >= 11 is 0. The molecule has 0 fully saturated rings. The highest BCUT2D eigenvalue weighted by Crippen LogP contribution is 2.16. The van der Waals surface area contributed by atoms with E-state index in [0.29, 0.717) is 6.54 Å². The molecule has 1 aromatic carbocycles. The molecule has 0 amide bonds. The van der Waals surface area contributed by atoms with Crippen LogP contribution in [0.1, 0.15) is 18.9 Å². The second-order valence-corrected chi connectivity index (χ2v) is 4.70. The van der Waals surface area contributed by atoms with Gasteiger partial charge in [0.15, 0.2) is 0 Å². The van der Waals surface area contributed by atoms with E-state index < -0.39 is 0 Å². The third kappa shape index (κ3) is 3.14. The SMILES string of the molecule is CCCn1ccnc1N(C)Cc1ccc([N+](=O)[O-])cc1. The molecule has 20 heavy (non-hydrogen) atoms. The lowest BCUT2D eigenvalue weighted by atomic mass is 10.2. The van der Waals surface area contributed by atoms with Gasteiger partial charge in [0.1, 0.15) is 0 Å². The predicted octanol–water partition coefficient (Wildman–Crippen LogP) is 2.84. The van der Waals surface area contributed by atoms with Crippen molar-refractivity contribution in [3.63, 3.8) is 0 Å². The van der Waals surface area contributed by atoms with Gasteiger partial charge in [-0.3, -0.25) is 10.1 Å². The van der Waals surface area contributed by atoms with Gasteiger partial charge in [-0.1, -0.05) is 19.1 Å². The Hall–Kier alpha value is -2.37. The summed E-state index contributed by atoms with van der Waals surface area (Å²) in [6.07, 6.45) is 4.80. The zero-order valence-electron chi connectivity index (χ0n) is 11.7. The van der Waals surface area contributed by atoms with Gasteiger partial charge in [0.05, 0.1) is 4.92 Å². The first-order valence-corrected chi connectivity index (χ1v) is 6.57. The predicted molar refractivity (Wildman–Crippen MR) is 77.7 cm³/mol. The summed E-state index contributed by atoms with van der Waals surface area (Å²) in [5, 5.41) is 10.6. The summed E-state index contributed by atoms with van der Waals surface area (Å²) in [6.45, 7) is 3.72. The molecule has 0 atom stereocenters. The number of hydrogen-bond donors (Lipinski definition) is 0. The number of non-ortho nitro benzene ring substituents is 1. The van der Waals surface area contributed by atoms with E-state index in [1.165, 1.54) is 12.1 Å². The van der Waals surface area contributed by atoms with Gasteiger partial charge in [-0.15, -0.1) is 0 Å². The van der Waals surface area contributed by atoms with E-state index in [-0.39, 0.29) is 10.6 Å². The molecule has 2 aromatic rings. The smallest absolute Gasteiger partial charge is 0.269 e. The van der Waals surface area contributed by atoms with E-state index in [1.54, 1.807) is 18.3 Å². The van der Waals surface area contributed by atoms with E-state index in [1.807, 2.05) is 18.1 Å². The number of hydrogen-bond acceptors (Lipinski definition) is 4. The summed E-state index contributed by atoms with van der Waals surface area (Å²) in [5.74, 6) is 0.908. The molecule has 6 nitrogen and oxygen atoms in total. The monoisotopic (exact) mass is 274 g/mol. The van der Waals surface area contributed by atoms with Crippen LogP contribution in [0.4, 0.5) is 11.6 Å². The molecular weight excluding hydrogens is 256 g/mol. The van der Waals surface area contributed by atoms with E-state index in [9.17, 15) is 10.1 Å². The van der Waals surface area contributed by atoms with Crippen molar-refractivity contribution in [3.8, 4) is 0 Å². The van der Waals surface area contributed by atoms with Crippen LogP contribution in [0.5, 0.6) is 0 Å². The highest BCUT2D eigenvalue weighted by Gasteiger charge is 2.10. The van der Waals surface area contributed by atoms with Crippen LogP contribution in [0.3, 0.4) is 0 Å². The maximum absolute atomic E-state index is 10.6. The lowest BCUT2D eigenvalue weighted by Gasteiger charge is -2.19. The molecule has 0 aliphatic heterocycles. The van der Waals surface area contributed by atoms with Crippen molar-refractivity contribution in [2.24, 2.45) is 0 Å². The van der Waals surface area contributed by atoms with Gasteiger partial charge in [-0.05, 0) is 12.0 Å². The molecule has 0 bridgehead atoms. The summed E-state index contributed by atoms with van der Waals surface area (Å²) in [6, 6.07) is 6.62. The Morgan fingerprint density at radius 1 is 1.35 bits per heavy atom. The van der Waals surface area contributed by atoms with E-state index in [2.05, 4.69) is 16.5 Å². The van der Waals surface area contributed by atoms with E-state index in [0.717, 1.165) is 24.5 Å². The molecule has 0 aliphatic carbocycles. The second kappa shape index (κ2) is 6.18. The number of nitro groups is 1. The van der Waals surface area contributed by atoms with Crippen molar-refractivity contribution in [1.29, 1.82) is 0 Å². The number of nitrogens with zero attached hydrogens (tertiary/aromatic N) is 4. The average molecular weight is 274 g/mol. The Labute approximate surface area is 117 Å². The third-order valence-electron chi connectivity index (χ3n) is 3.07. The van der Waals surface area contributed by atoms with Crippen LogP contribution < -0.4 is 4.90 Å². The molecule has 0 saturated heterocycles. The summed E-state index contributed by atoms with van der Waals surface area (Å²) < 4.78 is 2.10. The third-order valence-corrected chi connectivity index (χ3v) is 3.07. The molecule has 0 unspecified atom stereocenters. The van der Waals surface area contributed by atoms with Crippen molar-refractivity contribution < 1.29 is 4.92 Å². The quantitative estimate of drug-likeness (QED) is 0.600. The zero-order chi connectivity index (χ0) is 14.5. The van der Waals surface area contributed by atoms with Crippen molar-refractivity contribution in [2.75, 3.05) is 11.9 Å². The van der Waals surface area contributed by atoms with E-state index in [4.69, 9.17) is 0 Å². The second-order valence-electron chi connectivity index (χ2n) is 4.70. The number of aryl methyl sites for hydroxylation is 1. The van der Waals surface area contributed by atoms with E-state index >= 15 is 0 Å². The summed E-state index contributed by atoms with van der Waals surface area (Å²) in [7, 11) is 1.97. The fraction of sp³-hybridized carbons (Fsp3) is 0.357. The minimum atomic E-state index is -0.387. The number of benzene rings is 1. The Bertz CT molecular complexity index is 577. The number of nitro benzene ring substituents is 1. The zero-order valence-corrected chi connectivity index (χ0v) is 11.7. The molecule has 6 heteroatoms. The van der Waals surface area contributed by atoms with Crippen LogP contribution in [0.15, 0.2) is 36.7 Å². The number of rotatable bonds is 6. The van der Waals surface area contributed by atoms with Crippen molar-refractivity contribution >= 4 is 11.6 Å². The standard InChI is InChI=1S/C14H18N4O2/c1-3-9-17-10-8-15-14(17)16(2)11-12-4-6-13(7-5-12)18(19)20/h4-8,10H,3,9,11H2,1-2H3. The van der Waals surface area contributed by atoms with Crippen LogP contribution in [0.2, 0.25) is 0 Å². The Balaban J connectivity index is 2.08. The van der Waals surface area contributed by atoms with Gasteiger partial charge >= 0.3 is 0 Å². The number of anilines is 1. The molecule has 1 heterocycles. The Morgan fingerprint density at radius 2 is 2.05 bits per heavy atom. The van der Waals surface area contributed by atoms with Gasteiger partial charge in [0.25, 0.3) is 5.69 Å². The molecule has 0 aliphatic rings. The first-order chi connectivity index (χ1) is 9.61. The largest absolute Gasteiger partial charge is 0.341 e. The lowest BCUT2D eigenvalue weighted by Crippen LogP contribution is -2.20. The minimum Gasteiger partial charge on any atom is -0.341 e. The lowest BCUT2D eigenvalue weighted by molar-refractivity contribution is -0.384. The van der Waals surface area contributed by atoms with Crippen molar-refractivity contribution in [1.82, 2.24) is 9.55 Å². The maximum Gasteiger partial charge on any atom is 0.269 e. The van der Waals surface area contributed by atoms with Gasteiger partial charge in [0, 0.05) is 44.7 Å². The number of imidazole rings is 1. The molecule has 0 N–H and O–H groups in total. The molecule has 0 spiro atoms. The van der Waals surface area contributed by atoms with Crippen LogP contribution in [0, 0.1) is 10.1 Å². The molecule has 106 valence electrons. The molecule has 0 radical (unpaired) electrons. The van der Waals surface area contributed by atoms with Crippen LogP contribution in [-0.2, 0) is 13.1 Å². The van der Waals surface area contributed by atoms with Crippen molar-refractivity contribution in [3.05, 3.63) is 52.3 Å². The normalized spacial score (nSPS) is 10.5. The van der Waals surface area contributed by atoms with Crippen LogP contribution in [0.25, 0.3) is 0 Å². The Kier molecular flexibility index (Phi) is 4.34. The van der Waals surface area contributed by atoms with Gasteiger partial charge < -0.3 is 9.47 Å². The molecule has 0 saturated carbocycles. The summed E-state index contributed by atoms with van der Waals surface area (Å²) in [4.78, 5) is 16.6. The van der Waals surface area contributed by atoms with Crippen LogP contribution >= 0.6 is 0 Å². The highest BCUT2D eigenvalue weighted by atomic mass is 16.6. The fourth-order valence-corrected chi connectivity index (χ4v) is 2.12. The Morgan fingerprint density at radius 3 is 2.65 bits per heavy atom. The van der Waals surface area contributed by atoms with Gasteiger partial charge in [0.2, 0.25) is 5.95 Å². The van der Waals surface area contributed by atoms with Gasteiger partial charge in [-0.2, -0.15) is 0 Å². The molecule has 1 aromatic heterocycles. The van der Waals surface area contributed by atoms with Crippen molar-refractivity contribution in [2.45, 2.75) is 26.4 Å². The topological polar surface area (TPSA) is 64.2 Å². The molecular formula is C14H18N4O2.